The zero-order valence-electron chi connectivity index (χ0n) is 10.9. The molecule has 98 valence electrons. The van der Waals surface area contributed by atoms with Crippen LogP contribution in [-0.4, -0.2) is 23.7 Å². The minimum absolute atomic E-state index is 0.196. The van der Waals surface area contributed by atoms with E-state index < -0.39 is 17.4 Å². The summed E-state index contributed by atoms with van der Waals surface area (Å²) < 4.78 is 4.92. The van der Waals surface area contributed by atoms with Crippen molar-refractivity contribution in [1.29, 1.82) is 0 Å². The van der Waals surface area contributed by atoms with E-state index in [1.807, 2.05) is 0 Å². The maximum absolute atomic E-state index is 11.9. The second-order valence-corrected chi connectivity index (χ2v) is 4.33. The maximum Gasteiger partial charge on any atom is 0.323 e. The fourth-order valence-corrected chi connectivity index (χ4v) is 1.85. The van der Waals surface area contributed by atoms with Crippen molar-refractivity contribution in [2.45, 2.75) is 40.0 Å². The van der Waals surface area contributed by atoms with E-state index in [2.05, 4.69) is 6.58 Å². The lowest BCUT2D eigenvalue weighted by Crippen LogP contribution is -2.45. The molecule has 4 nitrogen and oxygen atoms in total. The number of esters is 1. The van der Waals surface area contributed by atoms with Gasteiger partial charge in [0.25, 0.3) is 0 Å². The third kappa shape index (κ3) is 3.58. The number of unbranched alkanes of at least 4 members (excludes halogenated alkanes) is 1. The summed E-state index contributed by atoms with van der Waals surface area (Å²) in [4.78, 5) is 23.4. The first-order valence-corrected chi connectivity index (χ1v) is 5.95. The summed E-state index contributed by atoms with van der Waals surface area (Å²) in [7, 11) is 0. The number of carboxylic acid groups (broad SMARTS) is 1. The zero-order chi connectivity index (χ0) is 13.5. The molecule has 0 saturated carbocycles. The van der Waals surface area contributed by atoms with E-state index in [4.69, 9.17) is 4.74 Å². The van der Waals surface area contributed by atoms with E-state index in [1.54, 1.807) is 26.8 Å². The van der Waals surface area contributed by atoms with Crippen LogP contribution < -0.4 is 0 Å². The van der Waals surface area contributed by atoms with Gasteiger partial charge >= 0.3 is 11.9 Å². The molecule has 0 saturated heterocycles. The highest BCUT2D eigenvalue weighted by Gasteiger charge is 2.49. The van der Waals surface area contributed by atoms with E-state index in [1.165, 1.54) is 0 Å². The van der Waals surface area contributed by atoms with Gasteiger partial charge in [-0.25, -0.2) is 0 Å². The molecule has 0 spiro atoms. The number of carbonyl (C=O) groups excluding carboxylic acids is 1. The van der Waals surface area contributed by atoms with Crippen molar-refractivity contribution in [3.8, 4) is 0 Å². The first-order valence-electron chi connectivity index (χ1n) is 5.95. The molecule has 4 heteroatoms. The number of hydrogen-bond donors (Lipinski definition) is 1. The van der Waals surface area contributed by atoms with Crippen LogP contribution in [0, 0.1) is 11.3 Å². The summed E-state index contributed by atoms with van der Waals surface area (Å²) in [6.07, 6.45) is 3.32. The third-order valence-corrected chi connectivity index (χ3v) is 2.99. The molecule has 0 radical (unpaired) electrons. The van der Waals surface area contributed by atoms with Crippen LogP contribution in [-0.2, 0) is 14.3 Å². The Morgan fingerprint density at radius 2 is 2.06 bits per heavy atom. The summed E-state index contributed by atoms with van der Waals surface area (Å²) in [6, 6.07) is 0. The summed E-state index contributed by atoms with van der Waals surface area (Å²) in [5.74, 6) is -2.04. The van der Waals surface area contributed by atoms with Gasteiger partial charge in [-0.05, 0) is 32.1 Å². The summed E-state index contributed by atoms with van der Waals surface area (Å²) in [6.45, 7) is 8.93. The van der Waals surface area contributed by atoms with Crippen LogP contribution in [0.4, 0.5) is 0 Å². The Bertz CT molecular complexity index is 283. The van der Waals surface area contributed by atoms with Gasteiger partial charge in [-0.2, -0.15) is 0 Å². The molecule has 0 aromatic heterocycles. The van der Waals surface area contributed by atoms with Gasteiger partial charge in [0.05, 0.1) is 6.61 Å². The van der Waals surface area contributed by atoms with Gasteiger partial charge in [0, 0.05) is 0 Å². The highest BCUT2D eigenvalue weighted by Crippen LogP contribution is 2.35. The number of carbonyl (C=O) groups is 2. The van der Waals surface area contributed by atoms with E-state index >= 15 is 0 Å². The average molecular weight is 242 g/mol. The molecular formula is C13H22O4. The first-order chi connectivity index (χ1) is 7.93. The highest BCUT2D eigenvalue weighted by atomic mass is 16.5. The molecular weight excluding hydrogens is 220 g/mol. The fraction of sp³-hybridized carbons (Fsp3) is 0.692. The molecule has 1 atom stereocenters. The SMILES string of the molecule is C=CCCCC(C(=O)O)(C(=O)OCC)C(C)C. The quantitative estimate of drug-likeness (QED) is 0.307. The maximum atomic E-state index is 11.9. The Labute approximate surface area is 103 Å². The van der Waals surface area contributed by atoms with Crippen LogP contribution in [0.2, 0.25) is 0 Å². The molecule has 0 rings (SSSR count). The van der Waals surface area contributed by atoms with E-state index in [0.29, 0.717) is 12.8 Å². The standard InChI is InChI=1S/C13H22O4/c1-5-7-8-9-13(10(3)4,11(14)15)12(16)17-6-2/h5,10H,1,6-9H2,2-4H3,(H,14,15). The number of aliphatic carboxylic acids is 1. The fourth-order valence-electron chi connectivity index (χ4n) is 1.85. The van der Waals surface area contributed by atoms with Crippen molar-refractivity contribution in [3.05, 3.63) is 12.7 Å². The van der Waals surface area contributed by atoms with Gasteiger partial charge in [-0.15, -0.1) is 6.58 Å². The number of carboxylic acids is 1. The third-order valence-electron chi connectivity index (χ3n) is 2.99. The number of allylic oxidation sites excluding steroid dienone is 1. The molecule has 1 unspecified atom stereocenters. The average Bonchev–Trinajstić information content (AvgIpc) is 2.23. The molecule has 0 aromatic carbocycles. The van der Waals surface area contributed by atoms with Gasteiger partial charge in [0.2, 0.25) is 0 Å². The number of rotatable bonds is 8. The molecule has 0 fully saturated rings. The van der Waals surface area contributed by atoms with Crippen LogP contribution in [0.5, 0.6) is 0 Å². The van der Waals surface area contributed by atoms with Crippen LogP contribution in [0.15, 0.2) is 12.7 Å². The predicted octanol–water partition coefficient (Wildman–Crippen LogP) is 2.63. The number of hydrogen-bond acceptors (Lipinski definition) is 3. The molecule has 0 aliphatic rings. The van der Waals surface area contributed by atoms with Crippen molar-refractivity contribution >= 4 is 11.9 Å². The van der Waals surface area contributed by atoms with Gasteiger partial charge in [0.1, 0.15) is 0 Å². The molecule has 0 heterocycles. The van der Waals surface area contributed by atoms with E-state index in [9.17, 15) is 14.7 Å². The zero-order valence-corrected chi connectivity index (χ0v) is 10.9. The normalized spacial score (nSPS) is 14.1. The van der Waals surface area contributed by atoms with Crippen molar-refractivity contribution in [3.63, 3.8) is 0 Å². The van der Waals surface area contributed by atoms with Gasteiger partial charge in [-0.3, -0.25) is 9.59 Å². The minimum atomic E-state index is -1.43. The van der Waals surface area contributed by atoms with E-state index in [-0.39, 0.29) is 18.9 Å². The Kier molecular flexibility index (Phi) is 6.54. The highest BCUT2D eigenvalue weighted by molar-refractivity contribution is 5.99. The molecule has 1 N–H and O–H groups in total. The largest absolute Gasteiger partial charge is 0.480 e. The minimum Gasteiger partial charge on any atom is -0.480 e. The van der Waals surface area contributed by atoms with Crippen molar-refractivity contribution in [1.82, 2.24) is 0 Å². The first kappa shape index (κ1) is 15.7. The predicted molar refractivity (Wildman–Crippen MR) is 65.6 cm³/mol. The molecule has 0 bridgehead atoms. The second-order valence-electron chi connectivity index (χ2n) is 4.33. The van der Waals surface area contributed by atoms with Crippen molar-refractivity contribution < 1.29 is 19.4 Å². The summed E-state index contributed by atoms with van der Waals surface area (Å²) in [5, 5.41) is 9.36. The lowest BCUT2D eigenvalue weighted by atomic mass is 9.73. The lowest BCUT2D eigenvalue weighted by molar-refractivity contribution is -0.173. The molecule has 0 amide bonds. The van der Waals surface area contributed by atoms with Crippen molar-refractivity contribution in [2.24, 2.45) is 11.3 Å². The Hall–Kier alpha value is -1.32. The van der Waals surface area contributed by atoms with Gasteiger partial charge in [0.15, 0.2) is 5.41 Å². The molecule has 0 aromatic rings. The topological polar surface area (TPSA) is 63.6 Å². The van der Waals surface area contributed by atoms with E-state index in [0.717, 1.165) is 0 Å². The smallest absolute Gasteiger partial charge is 0.323 e. The van der Waals surface area contributed by atoms with Gasteiger partial charge in [-0.1, -0.05) is 19.9 Å². The second kappa shape index (κ2) is 7.09. The Morgan fingerprint density at radius 1 is 1.47 bits per heavy atom. The van der Waals surface area contributed by atoms with Crippen molar-refractivity contribution in [2.75, 3.05) is 6.61 Å². The molecule has 17 heavy (non-hydrogen) atoms. The van der Waals surface area contributed by atoms with Gasteiger partial charge < -0.3 is 9.84 Å². The molecule has 0 aliphatic carbocycles. The Morgan fingerprint density at radius 3 is 2.41 bits per heavy atom. The Balaban J connectivity index is 5.06. The van der Waals surface area contributed by atoms with Crippen LogP contribution in [0.3, 0.4) is 0 Å². The van der Waals surface area contributed by atoms with Crippen LogP contribution in [0.1, 0.15) is 40.0 Å². The summed E-state index contributed by atoms with van der Waals surface area (Å²) in [5.41, 5.74) is -1.43. The molecule has 0 aliphatic heterocycles. The van der Waals surface area contributed by atoms with Crippen LogP contribution in [0.25, 0.3) is 0 Å². The number of ether oxygens (including phenoxy) is 1. The van der Waals surface area contributed by atoms with Crippen LogP contribution >= 0.6 is 0 Å². The lowest BCUT2D eigenvalue weighted by Gasteiger charge is -2.30. The monoisotopic (exact) mass is 242 g/mol. The summed E-state index contributed by atoms with van der Waals surface area (Å²) >= 11 is 0.